The molecular weight excluding hydrogens is 238 g/mol. The molecule has 2 rings (SSSR count). The Kier molecular flexibility index (Phi) is 3.22. The molecule has 2 aromatic rings. The Bertz CT molecular complexity index is 555. The van der Waals surface area contributed by atoms with Crippen molar-refractivity contribution in [1.82, 2.24) is 9.97 Å². The maximum Gasteiger partial charge on any atom is 0.156 e. The minimum absolute atomic E-state index is 0.639. The molecule has 2 aromatic heterocycles. The van der Waals surface area contributed by atoms with Crippen molar-refractivity contribution in [2.24, 2.45) is 0 Å². The van der Waals surface area contributed by atoms with Crippen LogP contribution in [0, 0.1) is 25.2 Å². The van der Waals surface area contributed by atoms with E-state index in [1.165, 1.54) is 11.8 Å². The van der Waals surface area contributed by atoms with Crippen molar-refractivity contribution < 1.29 is 0 Å². The molecule has 0 aliphatic rings. The first kappa shape index (κ1) is 11.1. The van der Waals surface area contributed by atoms with Gasteiger partial charge in [-0.15, -0.1) is 11.3 Å². The second kappa shape index (κ2) is 4.64. The van der Waals surface area contributed by atoms with Crippen LogP contribution in [0.1, 0.15) is 16.8 Å². The molecule has 3 nitrogen and oxygen atoms in total. The fraction of sp³-hybridized carbons (Fsp3) is 0.182. The minimum Gasteiger partial charge on any atom is -0.248 e. The van der Waals surface area contributed by atoms with Gasteiger partial charge >= 0.3 is 0 Å². The summed E-state index contributed by atoms with van der Waals surface area (Å²) in [6.45, 7) is 3.87. The van der Waals surface area contributed by atoms with Gasteiger partial charge in [-0.1, -0.05) is 0 Å². The number of nitriles is 1. The summed E-state index contributed by atoms with van der Waals surface area (Å²) in [4.78, 5) is 8.57. The fourth-order valence-electron chi connectivity index (χ4n) is 1.21. The van der Waals surface area contributed by atoms with Crippen molar-refractivity contribution in [2.45, 2.75) is 23.2 Å². The van der Waals surface area contributed by atoms with E-state index in [4.69, 9.17) is 5.26 Å². The zero-order valence-electron chi connectivity index (χ0n) is 8.89. The van der Waals surface area contributed by atoms with Gasteiger partial charge in [-0.25, -0.2) is 9.97 Å². The standard InChI is InChI=1S/C11H9N3S2/c1-7-3-4-13-10(9(7)5-12)16-11-14-8(2)6-15-11/h3-4,6H,1-2H3. The van der Waals surface area contributed by atoms with Gasteiger partial charge in [-0.05, 0) is 37.2 Å². The summed E-state index contributed by atoms with van der Waals surface area (Å²) < 4.78 is 0.923. The number of thiazole rings is 1. The molecule has 0 aliphatic carbocycles. The van der Waals surface area contributed by atoms with Crippen molar-refractivity contribution in [3.63, 3.8) is 0 Å². The highest BCUT2D eigenvalue weighted by Crippen LogP contribution is 2.31. The van der Waals surface area contributed by atoms with E-state index in [-0.39, 0.29) is 0 Å². The predicted octanol–water partition coefficient (Wildman–Crippen LogP) is 3.18. The largest absolute Gasteiger partial charge is 0.248 e. The van der Waals surface area contributed by atoms with Gasteiger partial charge < -0.3 is 0 Å². The van der Waals surface area contributed by atoms with Crippen LogP contribution >= 0.6 is 23.1 Å². The number of hydrogen-bond donors (Lipinski definition) is 0. The summed E-state index contributed by atoms with van der Waals surface area (Å²) in [5.74, 6) is 0. The second-order valence-electron chi connectivity index (χ2n) is 3.28. The Balaban J connectivity index is 2.35. The van der Waals surface area contributed by atoms with Crippen molar-refractivity contribution in [3.05, 3.63) is 34.5 Å². The summed E-state index contributed by atoms with van der Waals surface area (Å²) in [6.07, 6.45) is 1.72. The Morgan fingerprint density at radius 3 is 2.88 bits per heavy atom. The normalized spacial score (nSPS) is 10.1. The van der Waals surface area contributed by atoms with E-state index in [9.17, 15) is 0 Å². The molecule has 80 valence electrons. The third-order valence-electron chi connectivity index (χ3n) is 2.02. The van der Waals surface area contributed by atoms with Crippen LogP contribution in [0.3, 0.4) is 0 Å². The molecule has 0 saturated heterocycles. The van der Waals surface area contributed by atoms with Crippen LogP contribution in [-0.4, -0.2) is 9.97 Å². The molecule has 0 bridgehead atoms. The number of aromatic nitrogens is 2. The molecule has 0 spiro atoms. The third-order valence-corrected chi connectivity index (χ3v) is 4.08. The molecule has 2 heterocycles. The molecule has 0 saturated carbocycles. The van der Waals surface area contributed by atoms with Crippen LogP contribution < -0.4 is 0 Å². The molecule has 0 aliphatic heterocycles. The van der Waals surface area contributed by atoms with E-state index in [2.05, 4.69) is 16.0 Å². The maximum absolute atomic E-state index is 9.06. The van der Waals surface area contributed by atoms with E-state index < -0.39 is 0 Å². The number of pyridine rings is 1. The van der Waals surface area contributed by atoms with E-state index in [1.54, 1.807) is 17.5 Å². The maximum atomic E-state index is 9.06. The Morgan fingerprint density at radius 1 is 1.44 bits per heavy atom. The zero-order chi connectivity index (χ0) is 11.5. The lowest BCUT2D eigenvalue weighted by molar-refractivity contribution is 1.08. The first-order valence-corrected chi connectivity index (χ1v) is 6.36. The smallest absolute Gasteiger partial charge is 0.156 e. The molecule has 0 unspecified atom stereocenters. The van der Waals surface area contributed by atoms with Crippen LogP contribution in [-0.2, 0) is 0 Å². The lowest BCUT2D eigenvalue weighted by Gasteiger charge is -2.02. The van der Waals surface area contributed by atoms with E-state index in [0.717, 1.165) is 20.6 Å². The Morgan fingerprint density at radius 2 is 2.25 bits per heavy atom. The number of hydrogen-bond acceptors (Lipinski definition) is 5. The molecule has 0 fully saturated rings. The summed E-state index contributed by atoms with van der Waals surface area (Å²) in [5.41, 5.74) is 2.59. The Hall–Kier alpha value is -1.38. The number of nitrogens with zero attached hydrogens (tertiary/aromatic N) is 3. The van der Waals surface area contributed by atoms with E-state index in [0.29, 0.717) is 5.56 Å². The van der Waals surface area contributed by atoms with Crippen LogP contribution in [0.4, 0.5) is 0 Å². The highest BCUT2D eigenvalue weighted by molar-refractivity contribution is 8.01. The predicted molar refractivity (Wildman–Crippen MR) is 64.7 cm³/mol. The average molecular weight is 247 g/mol. The summed E-state index contributed by atoms with van der Waals surface area (Å²) >= 11 is 3.02. The topological polar surface area (TPSA) is 49.6 Å². The van der Waals surface area contributed by atoms with Gasteiger partial charge in [-0.3, -0.25) is 0 Å². The fourth-order valence-corrected chi connectivity index (χ4v) is 3.08. The molecule has 5 heteroatoms. The van der Waals surface area contributed by atoms with Crippen molar-refractivity contribution in [1.29, 1.82) is 5.26 Å². The molecule has 16 heavy (non-hydrogen) atoms. The van der Waals surface area contributed by atoms with Gasteiger partial charge in [0.05, 0.1) is 5.56 Å². The minimum atomic E-state index is 0.639. The SMILES string of the molecule is Cc1csc(Sc2nccc(C)c2C#N)n1. The highest BCUT2D eigenvalue weighted by Gasteiger charge is 2.10. The average Bonchev–Trinajstić information content (AvgIpc) is 2.64. The van der Waals surface area contributed by atoms with Gasteiger partial charge in [0.1, 0.15) is 11.1 Å². The Labute approximate surface area is 102 Å². The zero-order valence-corrected chi connectivity index (χ0v) is 10.5. The van der Waals surface area contributed by atoms with Gasteiger partial charge in [-0.2, -0.15) is 5.26 Å². The molecule has 0 aromatic carbocycles. The summed E-state index contributed by atoms with van der Waals surface area (Å²) in [7, 11) is 0. The first-order valence-electron chi connectivity index (χ1n) is 4.66. The molecule has 0 N–H and O–H groups in total. The second-order valence-corrected chi connectivity index (χ2v) is 5.37. The van der Waals surface area contributed by atoms with Gasteiger partial charge in [0.25, 0.3) is 0 Å². The highest BCUT2D eigenvalue weighted by atomic mass is 32.2. The van der Waals surface area contributed by atoms with Crippen molar-refractivity contribution in [2.75, 3.05) is 0 Å². The van der Waals surface area contributed by atoms with Crippen LogP contribution in [0.2, 0.25) is 0 Å². The van der Waals surface area contributed by atoms with Gasteiger partial charge in [0.15, 0.2) is 4.34 Å². The number of rotatable bonds is 2. The van der Waals surface area contributed by atoms with E-state index >= 15 is 0 Å². The van der Waals surface area contributed by atoms with Crippen molar-refractivity contribution in [3.8, 4) is 6.07 Å². The van der Waals surface area contributed by atoms with Crippen LogP contribution in [0.5, 0.6) is 0 Å². The molecule has 0 amide bonds. The van der Waals surface area contributed by atoms with Gasteiger partial charge in [0.2, 0.25) is 0 Å². The lowest BCUT2D eigenvalue weighted by Crippen LogP contribution is -1.89. The summed E-state index contributed by atoms with van der Waals surface area (Å²) in [5, 5.41) is 11.8. The molecular formula is C11H9N3S2. The van der Waals surface area contributed by atoms with Gasteiger partial charge in [0, 0.05) is 17.3 Å². The lowest BCUT2D eigenvalue weighted by atomic mass is 10.2. The quantitative estimate of drug-likeness (QED) is 0.817. The van der Waals surface area contributed by atoms with Crippen molar-refractivity contribution >= 4 is 23.1 Å². The van der Waals surface area contributed by atoms with Crippen LogP contribution in [0.25, 0.3) is 0 Å². The number of aryl methyl sites for hydroxylation is 2. The summed E-state index contributed by atoms with van der Waals surface area (Å²) in [6, 6.07) is 4.03. The van der Waals surface area contributed by atoms with Crippen LogP contribution in [0.15, 0.2) is 27.0 Å². The van der Waals surface area contributed by atoms with E-state index in [1.807, 2.05) is 25.3 Å². The molecule has 0 atom stereocenters. The molecule has 0 radical (unpaired) electrons. The third kappa shape index (κ3) is 2.23. The monoisotopic (exact) mass is 247 g/mol. The first-order chi connectivity index (χ1) is 7.70.